The molecule has 1 heterocycles. The third kappa shape index (κ3) is 1.36. The minimum Gasteiger partial charge on any atom is -0.368 e. The number of rotatable bonds is 1. The first kappa shape index (κ1) is 8.49. The highest BCUT2D eigenvalue weighted by atomic mass is 16.1. The van der Waals surface area contributed by atoms with Crippen LogP contribution in [0.2, 0.25) is 0 Å². The fourth-order valence-corrected chi connectivity index (χ4v) is 1.43. The van der Waals surface area contributed by atoms with Crippen LogP contribution in [0.1, 0.15) is 19.8 Å². The summed E-state index contributed by atoms with van der Waals surface area (Å²) < 4.78 is 0. The van der Waals surface area contributed by atoms with Crippen LogP contribution in [0, 0.1) is 0 Å². The Kier molecular flexibility index (Phi) is 2.15. The van der Waals surface area contributed by atoms with Crippen LogP contribution in [-0.4, -0.2) is 24.0 Å². The molecule has 5 N–H and O–H groups in total. The van der Waals surface area contributed by atoms with Gasteiger partial charge >= 0.3 is 0 Å². The zero-order valence-electron chi connectivity index (χ0n) is 6.76. The van der Waals surface area contributed by atoms with E-state index in [0.717, 1.165) is 13.0 Å². The van der Waals surface area contributed by atoms with Crippen LogP contribution in [-0.2, 0) is 4.79 Å². The lowest BCUT2D eigenvalue weighted by atomic mass is 9.84. The first-order valence-electron chi connectivity index (χ1n) is 3.89. The second-order valence-electron chi connectivity index (χ2n) is 3.18. The fraction of sp³-hybridized carbons (Fsp3) is 0.857. The molecule has 1 aliphatic heterocycles. The molecule has 64 valence electrons. The van der Waals surface area contributed by atoms with Gasteiger partial charge in [0.1, 0.15) is 5.54 Å². The molecule has 4 nitrogen and oxygen atoms in total. The van der Waals surface area contributed by atoms with Crippen molar-refractivity contribution in [3.05, 3.63) is 0 Å². The van der Waals surface area contributed by atoms with Crippen molar-refractivity contribution < 1.29 is 4.79 Å². The lowest BCUT2D eigenvalue weighted by Gasteiger charge is -2.37. The lowest BCUT2D eigenvalue weighted by molar-refractivity contribution is -0.124. The van der Waals surface area contributed by atoms with Gasteiger partial charge in [-0.05, 0) is 26.3 Å². The molecule has 1 rings (SSSR count). The van der Waals surface area contributed by atoms with Crippen molar-refractivity contribution in [2.24, 2.45) is 11.5 Å². The molecule has 0 aromatic heterocycles. The van der Waals surface area contributed by atoms with Gasteiger partial charge in [0.05, 0.1) is 0 Å². The lowest BCUT2D eigenvalue weighted by Crippen LogP contribution is -2.66. The number of primary amides is 1. The highest BCUT2D eigenvalue weighted by molar-refractivity contribution is 5.85. The summed E-state index contributed by atoms with van der Waals surface area (Å²) in [6.07, 6.45) is 1.61. The minimum absolute atomic E-state index is 0.00579. The Morgan fingerprint density at radius 3 is 2.73 bits per heavy atom. The van der Waals surface area contributed by atoms with Crippen molar-refractivity contribution in [2.75, 3.05) is 6.54 Å². The predicted molar refractivity (Wildman–Crippen MR) is 42.8 cm³/mol. The van der Waals surface area contributed by atoms with Gasteiger partial charge in [0.2, 0.25) is 5.91 Å². The molecule has 1 amide bonds. The van der Waals surface area contributed by atoms with Crippen LogP contribution < -0.4 is 16.8 Å². The van der Waals surface area contributed by atoms with Crippen molar-refractivity contribution >= 4 is 5.91 Å². The predicted octanol–water partition coefficient (Wildman–Crippen LogP) is -1.06. The maximum Gasteiger partial charge on any atom is 0.239 e. The van der Waals surface area contributed by atoms with E-state index < -0.39 is 11.4 Å². The van der Waals surface area contributed by atoms with Gasteiger partial charge in [0.25, 0.3) is 0 Å². The number of nitrogens with two attached hydrogens (primary N) is 2. The third-order valence-electron chi connectivity index (χ3n) is 2.45. The fourth-order valence-electron chi connectivity index (χ4n) is 1.43. The van der Waals surface area contributed by atoms with Crippen molar-refractivity contribution in [1.29, 1.82) is 0 Å². The number of hydrogen-bond donors (Lipinski definition) is 3. The molecule has 0 saturated carbocycles. The molecule has 1 aliphatic rings. The summed E-state index contributed by atoms with van der Waals surface area (Å²) in [5.41, 5.74) is 10.2. The van der Waals surface area contributed by atoms with E-state index in [-0.39, 0.29) is 6.04 Å². The number of hydrogen-bond acceptors (Lipinski definition) is 3. The van der Waals surface area contributed by atoms with Gasteiger partial charge in [-0.15, -0.1) is 0 Å². The van der Waals surface area contributed by atoms with Crippen LogP contribution in [0.25, 0.3) is 0 Å². The Balaban J connectivity index is 2.72. The van der Waals surface area contributed by atoms with E-state index in [9.17, 15) is 4.79 Å². The number of piperidine rings is 1. The molecule has 0 bridgehead atoms. The maximum absolute atomic E-state index is 10.9. The van der Waals surface area contributed by atoms with E-state index in [2.05, 4.69) is 5.32 Å². The van der Waals surface area contributed by atoms with Gasteiger partial charge in [-0.1, -0.05) is 0 Å². The van der Waals surface area contributed by atoms with Crippen LogP contribution in [0.4, 0.5) is 0 Å². The van der Waals surface area contributed by atoms with Gasteiger partial charge in [-0.25, -0.2) is 0 Å². The average Bonchev–Trinajstić information content (AvgIpc) is 1.95. The summed E-state index contributed by atoms with van der Waals surface area (Å²) in [6.45, 7) is 2.82. The van der Waals surface area contributed by atoms with E-state index in [1.165, 1.54) is 0 Å². The SMILES string of the molecule is CC1NCCCC1(N)C(N)=O. The Hall–Kier alpha value is -0.610. The normalized spacial score (nSPS) is 38.5. The molecule has 1 fully saturated rings. The van der Waals surface area contributed by atoms with Crippen molar-refractivity contribution in [1.82, 2.24) is 5.32 Å². The number of amides is 1. The molecule has 1 saturated heterocycles. The summed E-state index contributed by atoms with van der Waals surface area (Å²) in [5, 5.41) is 3.13. The zero-order chi connectivity index (χ0) is 8.48. The largest absolute Gasteiger partial charge is 0.368 e. The molecule has 4 heteroatoms. The zero-order valence-corrected chi connectivity index (χ0v) is 6.76. The summed E-state index contributed by atoms with van der Waals surface area (Å²) in [7, 11) is 0. The van der Waals surface area contributed by atoms with Crippen molar-refractivity contribution in [3.8, 4) is 0 Å². The minimum atomic E-state index is -0.835. The van der Waals surface area contributed by atoms with Gasteiger partial charge in [-0.3, -0.25) is 4.79 Å². The number of nitrogens with one attached hydrogen (secondary N) is 1. The monoisotopic (exact) mass is 157 g/mol. The molecule has 0 radical (unpaired) electrons. The molecule has 0 spiro atoms. The van der Waals surface area contributed by atoms with Crippen molar-refractivity contribution in [2.45, 2.75) is 31.3 Å². The first-order valence-corrected chi connectivity index (χ1v) is 3.89. The van der Waals surface area contributed by atoms with E-state index in [1.807, 2.05) is 6.92 Å². The topological polar surface area (TPSA) is 81.1 Å². The first-order chi connectivity index (χ1) is 5.07. The number of carbonyl (C=O) groups excluding carboxylic acids is 1. The van der Waals surface area contributed by atoms with E-state index in [4.69, 9.17) is 11.5 Å². The Bertz CT molecular complexity index is 171. The number of carbonyl (C=O) groups is 1. The van der Waals surface area contributed by atoms with Gasteiger partial charge < -0.3 is 16.8 Å². The van der Waals surface area contributed by atoms with Crippen LogP contribution in [0.3, 0.4) is 0 Å². The summed E-state index contributed by atoms with van der Waals surface area (Å²) in [4.78, 5) is 10.9. The van der Waals surface area contributed by atoms with Gasteiger partial charge in [-0.2, -0.15) is 0 Å². The van der Waals surface area contributed by atoms with Crippen LogP contribution in [0.5, 0.6) is 0 Å². The molecule has 2 atom stereocenters. The second-order valence-corrected chi connectivity index (χ2v) is 3.18. The molecule has 2 unspecified atom stereocenters. The molecule has 0 aromatic rings. The molecule has 0 aromatic carbocycles. The molecular weight excluding hydrogens is 142 g/mol. The van der Waals surface area contributed by atoms with Crippen molar-refractivity contribution in [3.63, 3.8) is 0 Å². The maximum atomic E-state index is 10.9. The highest BCUT2D eigenvalue weighted by Gasteiger charge is 2.39. The summed E-state index contributed by atoms with van der Waals surface area (Å²) in [6, 6.07) is -0.00579. The quantitative estimate of drug-likeness (QED) is 0.454. The van der Waals surface area contributed by atoms with Crippen LogP contribution >= 0.6 is 0 Å². The van der Waals surface area contributed by atoms with E-state index in [0.29, 0.717) is 6.42 Å². The summed E-state index contributed by atoms with van der Waals surface area (Å²) in [5.74, 6) is -0.405. The van der Waals surface area contributed by atoms with Gasteiger partial charge in [0.15, 0.2) is 0 Å². The Morgan fingerprint density at radius 2 is 2.36 bits per heavy atom. The van der Waals surface area contributed by atoms with Gasteiger partial charge in [0, 0.05) is 6.04 Å². The smallest absolute Gasteiger partial charge is 0.239 e. The van der Waals surface area contributed by atoms with Crippen LogP contribution in [0.15, 0.2) is 0 Å². The highest BCUT2D eigenvalue weighted by Crippen LogP contribution is 2.17. The van der Waals surface area contributed by atoms with E-state index >= 15 is 0 Å². The average molecular weight is 157 g/mol. The standard InChI is InChI=1S/C7H15N3O/c1-5-7(9,6(8)11)3-2-4-10-5/h5,10H,2-4,9H2,1H3,(H2,8,11). The Morgan fingerprint density at radius 1 is 1.73 bits per heavy atom. The molecular formula is C7H15N3O. The summed E-state index contributed by atoms with van der Waals surface area (Å²) >= 11 is 0. The molecule has 0 aliphatic carbocycles. The molecule has 11 heavy (non-hydrogen) atoms. The van der Waals surface area contributed by atoms with E-state index in [1.54, 1.807) is 0 Å². The Labute approximate surface area is 66.3 Å². The second kappa shape index (κ2) is 2.79. The third-order valence-corrected chi connectivity index (χ3v) is 2.45.